The Bertz CT molecular complexity index is 475. The van der Waals surface area contributed by atoms with E-state index >= 15 is 0 Å². The number of rotatable bonds is 1. The van der Waals surface area contributed by atoms with Gasteiger partial charge in [-0.3, -0.25) is 0 Å². The summed E-state index contributed by atoms with van der Waals surface area (Å²) >= 11 is 0. The van der Waals surface area contributed by atoms with Crippen LogP contribution >= 0.6 is 0 Å². The fourth-order valence-corrected chi connectivity index (χ4v) is 1.74. The van der Waals surface area contributed by atoms with Crippen LogP contribution in [-0.2, 0) is 11.8 Å². The van der Waals surface area contributed by atoms with Crippen molar-refractivity contribution in [1.82, 2.24) is 9.38 Å². The molecule has 0 radical (unpaired) electrons. The molecule has 2 aromatic heterocycles. The molecule has 2 aromatic rings. The highest BCUT2D eigenvalue weighted by Gasteiger charge is 2.14. The number of aromatic nitrogens is 2. The Morgan fingerprint density at radius 2 is 2.00 bits per heavy atom. The number of hydrogen-bond acceptors (Lipinski definition) is 1. The molecule has 2 nitrogen and oxygen atoms in total. The zero-order chi connectivity index (χ0) is 11.1. The van der Waals surface area contributed by atoms with Gasteiger partial charge in [0.25, 0.3) is 0 Å². The van der Waals surface area contributed by atoms with Crippen LogP contribution in [0.1, 0.15) is 39.0 Å². The van der Waals surface area contributed by atoms with Gasteiger partial charge in [0.15, 0.2) is 0 Å². The summed E-state index contributed by atoms with van der Waals surface area (Å²) in [6.07, 6.45) is 5.19. The molecule has 0 atom stereocenters. The van der Waals surface area contributed by atoms with Gasteiger partial charge in [0.05, 0.1) is 0 Å². The van der Waals surface area contributed by atoms with Crippen LogP contribution in [0.4, 0.5) is 0 Å². The predicted molar refractivity (Wildman–Crippen MR) is 63.3 cm³/mol. The lowest BCUT2D eigenvalue weighted by Gasteiger charge is -2.19. The van der Waals surface area contributed by atoms with Gasteiger partial charge in [-0.1, -0.05) is 33.8 Å². The van der Waals surface area contributed by atoms with Crippen molar-refractivity contribution in [3.8, 4) is 0 Å². The molecule has 0 N–H and O–H groups in total. The van der Waals surface area contributed by atoms with Gasteiger partial charge in [-0.2, -0.15) is 0 Å². The van der Waals surface area contributed by atoms with Crippen molar-refractivity contribution in [2.75, 3.05) is 0 Å². The maximum atomic E-state index is 4.38. The van der Waals surface area contributed by atoms with Crippen LogP contribution in [0.3, 0.4) is 0 Å². The first-order valence-electron chi connectivity index (χ1n) is 5.49. The van der Waals surface area contributed by atoms with Gasteiger partial charge in [0.1, 0.15) is 5.65 Å². The number of nitrogens with zero attached hydrogens (tertiary/aromatic N) is 2. The second-order valence-electron chi connectivity index (χ2n) is 5.00. The van der Waals surface area contributed by atoms with Crippen molar-refractivity contribution in [1.29, 1.82) is 0 Å². The van der Waals surface area contributed by atoms with E-state index in [4.69, 9.17) is 0 Å². The van der Waals surface area contributed by atoms with E-state index in [0.29, 0.717) is 0 Å². The normalized spacial score (nSPS) is 12.3. The lowest BCUT2D eigenvalue weighted by atomic mass is 9.88. The molecular formula is C13H18N2. The van der Waals surface area contributed by atoms with Crippen LogP contribution in [0, 0.1) is 0 Å². The van der Waals surface area contributed by atoms with Crippen molar-refractivity contribution in [2.24, 2.45) is 0 Å². The van der Waals surface area contributed by atoms with Gasteiger partial charge >= 0.3 is 0 Å². The summed E-state index contributed by atoms with van der Waals surface area (Å²) in [4.78, 5) is 4.38. The Morgan fingerprint density at radius 1 is 1.27 bits per heavy atom. The first-order chi connectivity index (χ1) is 7.02. The molecule has 2 heterocycles. The fraction of sp³-hybridized carbons (Fsp3) is 0.462. The van der Waals surface area contributed by atoms with E-state index in [2.05, 4.69) is 55.4 Å². The standard InChI is InChI=1S/C13H18N2/c1-5-11-8-14-12-7-6-10(9-15(11)12)13(2,3)4/h6-9H,5H2,1-4H3. The summed E-state index contributed by atoms with van der Waals surface area (Å²) in [5.74, 6) is 0. The van der Waals surface area contributed by atoms with Gasteiger partial charge in [-0.25, -0.2) is 4.98 Å². The predicted octanol–water partition coefficient (Wildman–Crippen LogP) is 3.19. The first-order valence-corrected chi connectivity index (χ1v) is 5.49. The van der Waals surface area contributed by atoms with Crippen LogP contribution in [0.2, 0.25) is 0 Å². The second kappa shape index (κ2) is 3.37. The molecule has 0 aromatic carbocycles. The Kier molecular flexibility index (Phi) is 2.29. The van der Waals surface area contributed by atoms with E-state index in [-0.39, 0.29) is 5.41 Å². The molecule has 80 valence electrons. The largest absolute Gasteiger partial charge is 0.304 e. The molecule has 0 saturated carbocycles. The van der Waals surface area contributed by atoms with Gasteiger partial charge in [-0.05, 0) is 23.5 Å². The highest BCUT2D eigenvalue weighted by Crippen LogP contribution is 2.22. The lowest BCUT2D eigenvalue weighted by Crippen LogP contribution is -2.12. The molecule has 0 bridgehead atoms. The third-order valence-electron chi connectivity index (χ3n) is 2.81. The Labute approximate surface area is 91.0 Å². The zero-order valence-electron chi connectivity index (χ0n) is 9.91. The topological polar surface area (TPSA) is 17.3 Å². The number of aryl methyl sites for hydroxylation is 1. The third-order valence-corrected chi connectivity index (χ3v) is 2.81. The molecule has 15 heavy (non-hydrogen) atoms. The van der Waals surface area contributed by atoms with Crippen molar-refractivity contribution in [3.63, 3.8) is 0 Å². The van der Waals surface area contributed by atoms with Gasteiger partial charge in [-0.15, -0.1) is 0 Å². The molecule has 0 fully saturated rings. The van der Waals surface area contributed by atoms with E-state index < -0.39 is 0 Å². The molecule has 0 spiro atoms. The van der Waals surface area contributed by atoms with E-state index in [9.17, 15) is 0 Å². The fourth-order valence-electron chi connectivity index (χ4n) is 1.74. The summed E-state index contributed by atoms with van der Waals surface area (Å²) < 4.78 is 2.20. The maximum Gasteiger partial charge on any atom is 0.136 e. The average molecular weight is 202 g/mol. The summed E-state index contributed by atoms with van der Waals surface area (Å²) in [6, 6.07) is 4.27. The highest BCUT2D eigenvalue weighted by molar-refractivity contribution is 5.43. The van der Waals surface area contributed by atoms with Crippen LogP contribution in [-0.4, -0.2) is 9.38 Å². The average Bonchev–Trinajstić information content (AvgIpc) is 2.57. The van der Waals surface area contributed by atoms with Crippen LogP contribution in [0.15, 0.2) is 24.5 Å². The summed E-state index contributed by atoms with van der Waals surface area (Å²) in [5, 5.41) is 0. The molecule has 2 heteroatoms. The number of pyridine rings is 1. The molecular weight excluding hydrogens is 184 g/mol. The Morgan fingerprint density at radius 3 is 2.60 bits per heavy atom. The van der Waals surface area contributed by atoms with Gasteiger partial charge in [0.2, 0.25) is 0 Å². The van der Waals surface area contributed by atoms with E-state index in [1.54, 1.807) is 0 Å². The molecule has 0 saturated heterocycles. The molecule has 0 aliphatic carbocycles. The Hall–Kier alpha value is -1.31. The summed E-state index contributed by atoms with van der Waals surface area (Å²) in [6.45, 7) is 8.86. The number of hydrogen-bond donors (Lipinski definition) is 0. The minimum absolute atomic E-state index is 0.198. The van der Waals surface area contributed by atoms with Crippen molar-refractivity contribution in [2.45, 2.75) is 39.5 Å². The van der Waals surface area contributed by atoms with Crippen LogP contribution in [0.25, 0.3) is 5.65 Å². The highest BCUT2D eigenvalue weighted by atomic mass is 15.0. The van der Waals surface area contributed by atoms with Gasteiger partial charge < -0.3 is 4.40 Å². The quantitative estimate of drug-likeness (QED) is 0.694. The van der Waals surface area contributed by atoms with Crippen molar-refractivity contribution in [3.05, 3.63) is 35.8 Å². The van der Waals surface area contributed by atoms with Gasteiger partial charge in [0, 0.05) is 18.1 Å². The number of fused-ring (bicyclic) bond motifs is 1. The minimum Gasteiger partial charge on any atom is -0.304 e. The summed E-state index contributed by atoms with van der Waals surface area (Å²) in [7, 11) is 0. The van der Waals surface area contributed by atoms with Crippen LogP contribution < -0.4 is 0 Å². The Balaban J connectivity index is 2.63. The van der Waals surface area contributed by atoms with E-state index in [0.717, 1.165) is 12.1 Å². The third kappa shape index (κ3) is 1.76. The van der Waals surface area contributed by atoms with Crippen molar-refractivity contribution >= 4 is 5.65 Å². The minimum atomic E-state index is 0.198. The number of imidazole rings is 1. The van der Waals surface area contributed by atoms with Crippen molar-refractivity contribution < 1.29 is 0 Å². The first kappa shape index (κ1) is 10.2. The molecule has 0 amide bonds. The SMILES string of the molecule is CCc1cnc2ccc(C(C)(C)C)cn12. The summed E-state index contributed by atoms with van der Waals surface area (Å²) in [5.41, 5.74) is 3.86. The molecule has 2 rings (SSSR count). The second-order valence-corrected chi connectivity index (χ2v) is 5.00. The van der Waals surface area contributed by atoms with E-state index in [1.807, 2.05) is 6.20 Å². The molecule has 0 aliphatic heterocycles. The van der Waals surface area contributed by atoms with Crippen LogP contribution in [0.5, 0.6) is 0 Å². The smallest absolute Gasteiger partial charge is 0.136 e. The monoisotopic (exact) mass is 202 g/mol. The van der Waals surface area contributed by atoms with E-state index in [1.165, 1.54) is 11.3 Å². The molecule has 0 unspecified atom stereocenters. The zero-order valence-corrected chi connectivity index (χ0v) is 9.91. The maximum absolute atomic E-state index is 4.38. The lowest BCUT2D eigenvalue weighted by molar-refractivity contribution is 0.586. The molecule has 0 aliphatic rings.